The van der Waals surface area contributed by atoms with E-state index >= 15 is 0 Å². The highest BCUT2D eigenvalue weighted by Crippen LogP contribution is 2.40. The van der Waals surface area contributed by atoms with Crippen molar-refractivity contribution in [2.45, 2.75) is 26.4 Å². The van der Waals surface area contributed by atoms with E-state index in [1.807, 2.05) is 39.1 Å². The first-order chi connectivity index (χ1) is 20.3. The van der Waals surface area contributed by atoms with E-state index in [-0.39, 0.29) is 5.91 Å². The minimum absolute atomic E-state index is 0.322. The highest BCUT2D eigenvalue weighted by molar-refractivity contribution is 6.12. The van der Waals surface area contributed by atoms with Crippen LogP contribution in [0.1, 0.15) is 37.5 Å². The van der Waals surface area contributed by atoms with Crippen molar-refractivity contribution < 1.29 is 18.7 Å². The number of nitriles is 1. The van der Waals surface area contributed by atoms with E-state index in [0.29, 0.717) is 46.8 Å². The number of ether oxygens (including phenoxy) is 2. The molecule has 0 aliphatic heterocycles. The van der Waals surface area contributed by atoms with E-state index < -0.39 is 11.9 Å². The lowest BCUT2D eigenvalue weighted by atomic mass is 10.0. The first-order valence-corrected chi connectivity index (χ1v) is 13.5. The molecular weight excluding hydrogens is 533 g/mol. The number of nitrogens with one attached hydrogen (secondary N) is 1. The zero-order chi connectivity index (χ0) is 29.8. The van der Waals surface area contributed by atoms with Crippen molar-refractivity contribution in [3.8, 4) is 28.8 Å². The standard InChI is InChI=1S/C33H30FN5O3/c1-20(2)6-5-15-36-33(40)32(23-11-13-24(34)14-12-23)42-29-16-25-26(17-28(29)41-4)37-19-27-30(25)31(38-39(27)3)22-9-7-21(18-35)8-10-22/h6-14,16-17,19,32H,5,15H2,1-4H3,(H,36,40). The zero-order valence-electron chi connectivity index (χ0n) is 23.8. The number of rotatable bonds is 9. The summed E-state index contributed by atoms with van der Waals surface area (Å²) in [6, 6.07) is 18.6. The van der Waals surface area contributed by atoms with Crippen LogP contribution in [0.2, 0.25) is 0 Å². The molecule has 0 fully saturated rings. The Morgan fingerprint density at radius 1 is 1.12 bits per heavy atom. The molecule has 0 saturated heterocycles. The van der Waals surface area contributed by atoms with Crippen LogP contribution in [-0.2, 0) is 11.8 Å². The van der Waals surface area contributed by atoms with Crippen molar-refractivity contribution in [1.82, 2.24) is 20.1 Å². The summed E-state index contributed by atoms with van der Waals surface area (Å²) < 4.78 is 27.6. The molecule has 0 spiro atoms. The highest BCUT2D eigenvalue weighted by atomic mass is 19.1. The summed E-state index contributed by atoms with van der Waals surface area (Å²) in [6.45, 7) is 4.42. The first kappa shape index (κ1) is 28.3. The van der Waals surface area contributed by atoms with Crippen LogP contribution in [0.4, 0.5) is 4.39 Å². The molecule has 3 aromatic carbocycles. The second-order valence-electron chi connectivity index (χ2n) is 10.1. The number of methoxy groups -OCH3 is 1. The molecule has 0 aliphatic rings. The lowest BCUT2D eigenvalue weighted by Gasteiger charge is -2.21. The van der Waals surface area contributed by atoms with Crippen molar-refractivity contribution in [2.75, 3.05) is 13.7 Å². The molecule has 212 valence electrons. The van der Waals surface area contributed by atoms with E-state index in [4.69, 9.17) is 14.6 Å². The minimum Gasteiger partial charge on any atom is -0.493 e. The van der Waals surface area contributed by atoms with E-state index in [1.165, 1.54) is 31.4 Å². The minimum atomic E-state index is -1.07. The largest absolute Gasteiger partial charge is 0.493 e. The van der Waals surface area contributed by atoms with Gasteiger partial charge in [0, 0.05) is 41.6 Å². The maximum atomic E-state index is 13.8. The van der Waals surface area contributed by atoms with E-state index in [2.05, 4.69) is 16.4 Å². The van der Waals surface area contributed by atoms with Crippen LogP contribution in [0, 0.1) is 17.1 Å². The SMILES string of the molecule is COc1cc2ncc3c(c(-c4ccc(C#N)cc4)nn3C)c2cc1OC(C(=O)NCCC=C(C)C)c1ccc(F)cc1. The van der Waals surface area contributed by atoms with Gasteiger partial charge in [-0.2, -0.15) is 10.4 Å². The van der Waals surface area contributed by atoms with Crippen LogP contribution in [-0.4, -0.2) is 34.3 Å². The van der Waals surface area contributed by atoms with Gasteiger partial charge in [-0.15, -0.1) is 0 Å². The number of carbonyl (C=O) groups is 1. The van der Waals surface area contributed by atoms with Gasteiger partial charge in [-0.3, -0.25) is 14.5 Å². The number of fused-ring (bicyclic) bond motifs is 3. The lowest BCUT2D eigenvalue weighted by Crippen LogP contribution is -2.33. The molecular formula is C33H30FN5O3. The van der Waals surface area contributed by atoms with Gasteiger partial charge in [-0.25, -0.2) is 4.39 Å². The summed E-state index contributed by atoms with van der Waals surface area (Å²) in [4.78, 5) is 18.0. The number of nitrogens with zero attached hydrogens (tertiary/aromatic N) is 4. The fourth-order valence-corrected chi connectivity index (χ4v) is 4.78. The number of halogens is 1. The quantitative estimate of drug-likeness (QED) is 0.164. The average molecular weight is 564 g/mol. The fourth-order valence-electron chi connectivity index (χ4n) is 4.78. The first-order valence-electron chi connectivity index (χ1n) is 13.5. The molecule has 0 aliphatic carbocycles. The Bertz CT molecular complexity index is 1830. The zero-order valence-corrected chi connectivity index (χ0v) is 23.8. The number of amides is 1. The van der Waals surface area contributed by atoms with Crippen LogP contribution < -0.4 is 14.8 Å². The number of aromatic nitrogens is 3. The predicted octanol–water partition coefficient (Wildman–Crippen LogP) is 6.40. The number of carbonyl (C=O) groups excluding carboxylic acids is 1. The number of pyridine rings is 1. The van der Waals surface area contributed by atoms with Crippen molar-refractivity contribution in [1.29, 1.82) is 5.26 Å². The van der Waals surface area contributed by atoms with Gasteiger partial charge in [0.05, 0.1) is 36.0 Å². The average Bonchev–Trinajstić information content (AvgIpc) is 3.34. The molecule has 5 rings (SSSR count). The van der Waals surface area contributed by atoms with E-state index in [0.717, 1.165) is 27.4 Å². The Morgan fingerprint density at radius 2 is 1.86 bits per heavy atom. The van der Waals surface area contributed by atoms with Crippen molar-refractivity contribution in [3.63, 3.8) is 0 Å². The monoisotopic (exact) mass is 563 g/mol. The molecule has 9 heteroatoms. The van der Waals surface area contributed by atoms with Crippen molar-refractivity contribution >= 4 is 27.7 Å². The molecule has 2 aromatic heterocycles. The summed E-state index contributed by atoms with van der Waals surface area (Å²) in [5, 5.41) is 18.5. The third-order valence-electron chi connectivity index (χ3n) is 6.91. The lowest BCUT2D eigenvalue weighted by molar-refractivity contribution is -0.128. The van der Waals surface area contributed by atoms with Crippen LogP contribution in [0.25, 0.3) is 33.1 Å². The molecule has 1 N–H and O–H groups in total. The second-order valence-corrected chi connectivity index (χ2v) is 10.1. The normalized spacial score (nSPS) is 11.6. The topological polar surface area (TPSA) is 102 Å². The molecule has 0 saturated carbocycles. The molecule has 42 heavy (non-hydrogen) atoms. The fraction of sp³-hybridized carbons (Fsp3) is 0.212. The summed E-state index contributed by atoms with van der Waals surface area (Å²) in [6.07, 6.45) is 3.39. The molecule has 0 radical (unpaired) electrons. The summed E-state index contributed by atoms with van der Waals surface area (Å²) in [7, 11) is 3.36. The maximum absolute atomic E-state index is 13.8. The Kier molecular flexibility index (Phi) is 8.16. The van der Waals surface area contributed by atoms with Crippen LogP contribution in [0.15, 0.2) is 78.5 Å². The van der Waals surface area contributed by atoms with Crippen molar-refractivity contribution in [2.24, 2.45) is 7.05 Å². The molecule has 8 nitrogen and oxygen atoms in total. The molecule has 1 atom stereocenters. The number of aryl methyl sites for hydroxylation is 1. The number of benzene rings is 3. The van der Waals surface area contributed by atoms with Gasteiger partial charge in [0.25, 0.3) is 5.91 Å². The smallest absolute Gasteiger partial charge is 0.265 e. The van der Waals surface area contributed by atoms with Gasteiger partial charge in [-0.1, -0.05) is 35.9 Å². The van der Waals surface area contributed by atoms with Crippen molar-refractivity contribution in [3.05, 3.63) is 95.5 Å². The molecule has 1 unspecified atom stereocenters. The Balaban J connectivity index is 1.61. The van der Waals surface area contributed by atoms with Gasteiger partial charge in [0.1, 0.15) is 11.5 Å². The van der Waals surface area contributed by atoms with Gasteiger partial charge in [0.15, 0.2) is 11.5 Å². The van der Waals surface area contributed by atoms with Crippen LogP contribution in [0.5, 0.6) is 11.5 Å². The summed E-state index contributed by atoms with van der Waals surface area (Å²) in [5.74, 6) is -0.0580. The molecule has 5 aromatic rings. The molecule has 2 heterocycles. The van der Waals surface area contributed by atoms with Gasteiger partial charge in [0.2, 0.25) is 6.10 Å². The molecule has 0 bridgehead atoms. The van der Waals surface area contributed by atoms with E-state index in [1.54, 1.807) is 35.1 Å². The Morgan fingerprint density at radius 3 is 2.52 bits per heavy atom. The van der Waals surface area contributed by atoms with E-state index in [9.17, 15) is 14.4 Å². The predicted molar refractivity (Wildman–Crippen MR) is 160 cm³/mol. The van der Waals surface area contributed by atoms with Crippen LogP contribution >= 0.6 is 0 Å². The summed E-state index contributed by atoms with van der Waals surface area (Å²) in [5.41, 5.74) is 5.21. The maximum Gasteiger partial charge on any atom is 0.265 e. The van der Waals surface area contributed by atoms with Gasteiger partial charge in [-0.05, 0) is 50.6 Å². The van der Waals surface area contributed by atoms with Gasteiger partial charge < -0.3 is 14.8 Å². The Hall–Kier alpha value is -5.23. The van der Waals surface area contributed by atoms with Gasteiger partial charge >= 0.3 is 0 Å². The Labute approximate surface area is 243 Å². The number of hydrogen-bond acceptors (Lipinski definition) is 6. The molecule has 1 amide bonds. The highest BCUT2D eigenvalue weighted by Gasteiger charge is 2.25. The summed E-state index contributed by atoms with van der Waals surface area (Å²) >= 11 is 0. The number of allylic oxidation sites excluding steroid dienone is 1. The second kappa shape index (κ2) is 12.1. The third kappa shape index (κ3) is 5.79. The van der Waals surface area contributed by atoms with Crippen LogP contribution in [0.3, 0.4) is 0 Å². The number of hydrogen-bond donors (Lipinski definition) is 1. The third-order valence-corrected chi connectivity index (χ3v) is 6.91.